The Morgan fingerprint density at radius 3 is 2.54 bits per heavy atom. The Morgan fingerprint density at radius 2 is 1.92 bits per heavy atom. The molecule has 2 rings (SSSR count). The average Bonchev–Trinajstić information content (AvgIpc) is 2.52. The van der Waals surface area contributed by atoms with Gasteiger partial charge in [-0.15, -0.1) is 0 Å². The first kappa shape index (κ1) is 18.1. The zero-order valence-corrected chi connectivity index (χ0v) is 14.3. The van der Waals surface area contributed by atoms with E-state index < -0.39 is 5.97 Å². The Labute approximate surface area is 149 Å². The highest BCUT2D eigenvalue weighted by Crippen LogP contribution is 2.28. The summed E-state index contributed by atoms with van der Waals surface area (Å²) >= 11 is 11.9. The van der Waals surface area contributed by atoms with Crippen LogP contribution < -0.4 is 9.64 Å². The van der Waals surface area contributed by atoms with Crippen molar-refractivity contribution in [2.24, 2.45) is 0 Å². The van der Waals surface area contributed by atoms with Gasteiger partial charge in [-0.1, -0.05) is 29.3 Å². The van der Waals surface area contributed by atoms with Gasteiger partial charge in [0.2, 0.25) is 0 Å². The summed E-state index contributed by atoms with van der Waals surface area (Å²) in [5.74, 6) is -0.702. The van der Waals surface area contributed by atoms with Crippen LogP contribution in [0.1, 0.15) is 17.3 Å². The van der Waals surface area contributed by atoms with Gasteiger partial charge in [0, 0.05) is 10.7 Å². The van der Waals surface area contributed by atoms with Crippen molar-refractivity contribution in [3.63, 3.8) is 0 Å². The molecule has 126 valence electrons. The molecule has 1 N–H and O–H groups in total. The molecule has 0 heterocycles. The molecule has 7 heteroatoms. The van der Waals surface area contributed by atoms with E-state index in [0.717, 1.165) is 0 Å². The van der Waals surface area contributed by atoms with Crippen molar-refractivity contribution in [1.29, 1.82) is 0 Å². The zero-order valence-electron chi connectivity index (χ0n) is 12.8. The standard InChI is InChI=1S/C17H15Cl2NO4/c1-11(21)9-20(14-4-2-3-12(7-14)17(22)23)10-24-16-6-5-13(18)8-15(16)19/h2-8H,9-10H2,1H3,(H,22,23). The molecule has 0 bridgehead atoms. The summed E-state index contributed by atoms with van der Waals surface area (Å²) in [5.41, 5.74) is 0.695. The molecule has 0 unspecified atom stereocenters. The Hall–Kier alpha value is -2.24. The molecule has 2 aromatic carbocycles. The Balaban J connectivity index is 2.20. The van der Waals surface area contributed by atoms with Crippen molar-refractivity contribution >= 4 is 40.6 Å². The molecule has 0 radical (unpaired) electrons. The Bertz CT molecular complexity index is 764. The molecule has 0 aromatic heterocycles. The van der Waals surface area contributed by atoms with Gasteiger partial charge in [-0.05, 0) is 43.3 Å². The summed E-state index contributed by atoms with van der Waals surface area (Å²) < 4.78 is 5.65. The minimum absolute atomic E-state index is 0.0318. The summed E-state index contributed by atoms with van der Waals surface area (Å²) in [7, 11) is 0. The number of hydrogen-bond acceptors (Lipinski definition) is 4. The van der Waals surface area contributed by atoms with Crippen molar-refractivity contribution < 1.29 is 19.4 Å². The second-order valence-electron chi connectivity index (χ2n) is 5.10. The summed E-state index contributed by atoms with van der Waals surface area (Å²) in [6.07, 6.45) is 0. The summed E-state index contributed by atoms with van der Waals surface area (Å²) in [4.78, 5) is 24.2. The smallest absolute Gasteiger partial charge is 0.335 e. The fourth-order valence-electron chi connectivity index (χ4n) is 2.06. The molecule has 2 aromatic rings. The van der Waals surface area contributed by atoms with Crippen LogP contribution in [0.3, 0.4) is 0 Å². The highest BCUT2D eigenvalue weighted by molar-refractivity contribution is 6.35. The van der Waals surface area contributed by atoms with E-state index in [0.29, 0.717) is 21.5 Å². The highest BCUT2D eigenvalue weighted by atomic mass is 35.5. The number of hydrogen-bond donors (Lipinski definition) is 1. The molecule has 0 aliphatic heterocycles. The van der Waals surface area contributed by atoms with Gasteiger partial charge in [-0.2, -0.15) is 0 Å². The summed E-state index contributed by atoms with van der Waals surface area (Å²) in [6.45, 7) is 1.56. The summed E-state index contributed by atoms with van der Waals surface area (Å²) in [5, 5.41) is 9.94. The third-order valence-electron chi connectivity index (χ3n) is 3.14. The fraction of sp³-hybridized carbons (Fsp3) is 0.176. The maximum Gasteiger partial charge on any atom is 0.335 e. The molecule has 5 nitrogen and oxygen atoms in total. The third-order valence-corrected chi connectivity index (χ3v) is 3.67. The number of ketones is 1. The summed E-state index contributed by atoms with van der Waals surface area (Å²) in [6, 6.07) is 11.1. The zero-order chi connectivity index (χ0) is 17.7. The monoisotopic (exact) mass is 367 g/mol. The van der Waals surface area contributed by atoms with Crippen LogP contribution in [0.25, 0.3) is 0 Å². The van der Waals surface area contributed by atoms with Gasteiger partial charge >= 0.3 is 5.97 Å². The normalized spacial score (nSPS) is 10.3. The number of carboxylic acid groups (broad SMARTS) is 1. The maximum absolute atomic E-state index is 11.5. The minimum Gasteiger partial charge on any atom is -0.478 e. The van der Waals surface area contributed by atoms with Gasteiger partial charge in [0.15, 0.2) is 6.73 Å². The number of Topliss-reactive ketones (excluding diaryl/α,β-unsaturated/α-hetero) is 1. The first-order valence-corrected chi connectivity index (χ1v) is 7.78. The number of halogens is 2. The van der Waals surface area contributed by atoms with E-state index in [1.807, 2.05) is 0 Å². The number of carbonyl (C=O) groups is 2. The number of nitrogens with zero attached hydrogens (tertiary/aromatic N) is 1. The number of ether oxygens (including phenoxy) is 1. The van der Waals surface area contributed by atoms with Crippen LogP contribution in [-0.4, -0.2) is 30.1 Å². The van der Waals surface area contributed by atoms with Crippen LogP contribution in [0.2, 0.25) is 10.0 Å². The molecule has 0 aliphatic rings. The first-order valence-electron chi connectivity index (χ1n) is 7.02. The van der Waals surface area contributed by atoms with E-state index in [2.05, 4.69) is 0 Å². The largest absolute Gasteiger partial charge is 0.478 e. The van der Waals surface area contributed by atoms with Crippen LogP contribution in [-0.2, 0) is 4.79 Å². The molecule has 24 heavy (non-hydrogen) atoms. The van der Waals surface area contributed by atoms with Crippen molar-refractivity contribution in [2.45, 2.75) is 6.92 Å². The number of aromatic carboxylic acids is 1. The molecular formula is C17H15Cl2NO4. The van der Waals surface area contributed by atoms with Crippen LogP contribution in [0.4, 0.5) is 5.69 Å². The van der Waals surface area contributed by atoms with Crippen molar-refractivity contribution in [3.05, 3.63) is 58.1 Å². The molecule has 0 amide bonds. The second kappa shape index (κ2) is 8.04. The highest BCUT2D eigenvalue weighted by Gasteiger charge is 2.13. The van der Waals surface area contributed by atoms with Crippen LogP contribution >= 0.6 is 23.2 Å². The van der Waals surface area contributed by atoms with E-state index in [9.17, 15) is 9.59 Å². The van der Waals surface area contributed by atoms with Gasteiger partial charge in [-0.25, -0.2) is 4.79 Å². The molecule has 0 atom stereocenters. The molecule has 0 aliphatic carbocycles. The molecule has 0 saturated heterocycles. The predicted octanol–water partition coefficient (Wildman–Crippen LogP) is 4.12. The second-order valence-corrected chi connectivity index (χ2v) is 5.95. The topological polar surface area (TPSA) is 66.8 Å². The lowest BCUT2D eigenvalue weighted by atomic mass is 10.2. The lowest BCUT2D eigenvalue weighted by Gasteiger charge is -2.24. The van der Waals surface area contributed by atoms with E-state index in [1.165, 1.54) is 19.1 Å². The Morgan fingerprint density at radius 1 is 1.17 bits per heavy atom. The van der Waals surface area contributed by atoms with Crippen LogP contribution in [0, 0.1) is 0 Å². The number of carboxylic acids is 1. The average molecular weight is 368 g/mol. The van der Waals surface area contributed by atoms with E-state index in [1.54, 1.807) is 35.2 Å². The van der Waals surface area contributed by atoms with E-state index >= 15 is 0 Å². The third kappa shape index (κ3) is 4.88. The number of rotatable bonds is 7. The quantitative estimate of drug-likeness (QED) is 0.745. The number of carbonyl (C=O) groups excluding carboxylic acids is 1. The van der Waals surface area contributed by atoms with Gasteiger partial charge < -0.3 is 14.7 Å². The SMILES string of the molecule is CC(=O)CN(COc1ccc(Cl)cc1Cl)c1cccc(C(=O)O)c1. The van der Waals surface area contributed by atoms with Crippen molar-refractivity contribution in [3.8, 4) is 5.75 Å². The van der Waals surface area contributed by atoms with Gasteiger partial charge in [0.25, 0.3) is 0 Å². The predicted molar refractivity (Wildman–Crippen MR) is 93.4 cm³/mol. The van der Waals surface area contributed by atoms with Gasteiger partial charge in [-0.3, -0.25) is 4.79 Å². The van der Waals surface area contributed by atoms with Crippen LogP contribution in [0.5, 0.6) is 5.75 Å². The lowest BCUT2D eigenvalue weighted by Crippen LogP contribution is -2.32. The van der Waals surface area contributed by atoms with Gasteiger partial charge in [0.1, 0.15) is 11.5 Å². The Kier molecular flexibility index (Phi) is 6.06. The minimum atomic E-state index is -1.04. The number of benzene rings is 2. The molecule has 0 saturated carbocycles. The van der Waals surface area contributed by atoms with Crippen molar-refractivity contribution in [2.75, 3.05) is 18.2 Å². The molecular weight excluding hydrogens is 353 g/mol. The molecule has 0 spiro atoms. The first-order chi connectivity index (χ1) is 11.4. The molecule has 0 fully saturated rings. The fourth-order valence-corrected chi connectivity index (χ4v) is 2.52. The van der Waals surface area contributed by atoms with Crippen LogP contribution in [0.15, 0.2) is 42.5 Å². The van der Waals surface area contributed by atoms with E-state index in [-0.39, 0.29) is 24.6 Å². The maximum atomic E-state index is 11.5. The van der Waals surface area contributed by atoms with Crippen molar-refractivity contribution in [1.82, 2.24) is 0 Å². The van der Waals surface area contributed by atoms with E-state index in [4.69, 9.17) is 33.0 Å². The number of anilines is 1. The van der Waals surface area contributed by atoms with Gasteiger partial charge in [0.05, 0.1) is 17.1 Å². The lowest BCUT2D eigenvalue weighted by molar-refractivity contribution is -0.115.